The zero-order valence-corrected chi connectivity index (χ0v) is 23.6. The Hall–Kier alpha value is -3.25. The van der Waals surface area contributed by atoms with E-state index in [1.54, 1.807) is 0 Å². The van der Waals surface area contributed by atoms with Crippen LogP contribution in [-0.2, 0) is 4.79 Å². The molecule has 1 aliphatic carbocycles. The number of ether oxygens (including phenoxy) is 1. The molecule has 5 rings (SSSR count). The van der Waals surface area contributed by atoms with Gasteiger partial charge in [-0.1, -0.05) is 43.5 Å². The van der Waals surface area contributed by atoms with Gasteiger partial charge in [0.25, 0.3) is 11.1 Å². The lowest BCUT2D eigenvalue weighted by atomic mass is 9.84. The first-order valence-corrected chi connectivity index (χ1v) is 14.4. The van der Waals surface area contributed by atoms with Crippen LogP contribution in [0.15, 0.2) is 53.4 Å². The molecule has 0 bridgehead atoms. The molecule has 2 amide bonds. The van der Waals surface area contributed by atoms with E-state index < -0.39 is 0 Å². The van der Waals surface area contributed by atoms with Crippen molar-refractivity contribution in [2.24, 2.45) is 0 Å². The van der Waals surface area contributed by atoms with Crippen LogP contribution in [0.25, 0.3) is 11.8 Å². The van der Waals surface area contributed by atoms with E-state index in [9.17, 15) is 9.59 Å². The van der Waals surface area contributed by atoms with Crippen molar-refractivity contribution in [2.45, 2.75) is 65.7 Å². The third kappa shape index (κ3) is 5.46. The lowest BCUT2D eigenvalue weighted by molar-refractivity contribution is -0.123. The van der Waals surface area contributed by atoms with E-state index in [4.69, 9.17) is 4.74 Å². The molecule has 2 heterocycles. The number of amides is 2. The van der Waals surface area contributed by atoms with Gasteiger partial charge in [-0.3, -0.25) is 14.5 Å². The minimum Gasteiger partial charge on any atom is -0.491 e. The van der Waals surface area contributed by atoms with Gasteiger partial charge in [0, 0.05) is 17.1 Å². The standard InChI is InChI=1S/C32H36N2O3S/c1-21-10-11-22(2)29(18-21)37-17-16-33-31(35)30(38-32(33)36)20-27-19-23(3)34(24(27)4)28-14-12-26(13-15-28)25-8-6-5-7-9-25/h10-15,18-20,25H,5-9,16-17H2,1-4H3/b30-20-. The number of benzene rings is 2. The number of rotatable bonds is 7. The van der Waals surface area contributed by atoms with Gasteiger partial charge in [0.2, 0.25) is 0 Å². The summed E-state index contributed by atoms with van der Waals surface area (Å²) in [5.74, 6) is 1.21. The van der Waals surface area contributed by atoms with E-state index in [2.05, 4.69) is 48.7 Å². The van der Waals surface area contributed by atoms with Gasteiger partial charge in [0.1, 0.15) is 12.4 Å². The zero-order chi connectivity index (χ0) is 26.8. The van der Waals surface area contributed by atoms with E-state index in [1.165, 1.54) is 42.6 Å². The lowest BCUT2D eigenvalue weighted by Gasteiger charge is -2.22. The van der Waals surface area contributed by atoms with Crippen LogP contribution in [0, 0.1) is 27.7 Å². The molecule has 38 heavy (non-hydrogen) atoms. The highest BCUT2D eigenvalue weighted by atomic mass is 32.2. The van der Waals surface area contributed by atoms with Crippen molar-refractivity contribution >= 4 is 29.0 Å². The summed E-state index contributed by atoms with van der Waals surface area (Å²) < 4.78 is 8.11. The average molecular weight is 529 g/mol. The Morgan fingerprint density at radius 1 is 0.947 bits per heavy atom. The second-order valence-corrected chi connectivity index (χ2v) is 11.5. The molecule has 0 unspecified atom stereocenters. The number of aryl methyl sites for hydroxylation is 3. The van der Waals surface area contributed by atoms with Crippen molar-refractivity contribution in [2.75, 3.05) is 13.2 Å². The molecule has 1 saturated heterocycles. The molecule has 0 spiro atoms. The number of thioether (sulfide) groups is 1. The van der Waals surface area contributed by atoms with Crippen LogP contribution in [0.2, 0.25) is 0 Å². The molecular weight excluding hydrogens is 492 g/mol. The van der Waals surface area contributed by atoms with Crippen LogP contribution in [0.5, 0.6) is 5.75 Å². The van der Waals surface area contributed by atoms with Gasteiger partial charge in [0.05, 0.1) is 11.4 Å². The van der Waals surface area contributed by atoms with E-state index >= 15 is 0 Å². The fourth-order valence-electron chi connectivity index (χ4n) is 5.61. The minimum absolute atomic E-state index is 0.224. The maximum absolute atomic E-state index is 13.1. The molecule has 1 saturated carbocycles. The quantitative estimate of drug-likeness (QED) is 0.293. The van der Waals surface area contributed by atoms with E-state index in [0.717, 1.165) is 51.3 Å². The smallest absolute Gasteiger partial charge is 0.293 e. The van der Waals surface area contributed by atoms with Gasteiger partial charge in [-0.15, -0.1) is 0 Å². The van der Waals surface area contributed by atoms with Crippen LogP contribution < -0.4 is 4.74 Å². The van der Waals surface area contributed by atoms with Crippen LogP contribution in [-0.4, -0.2) is 33.8 Å². The summed E-state index contributed by atoms with van der Waals surface area (Å²) in [5, 5.41) is -0.252. The largest absolute Gasteiger partial charge is 0.491 e. The van der Waals surface area contributed by atoms with Gasteiger partial charge in [0.15, 0.2) is 0 Å². The van der Waals surface area contributed by atoms with Gasteiger partial charge in [-0.25, -0.2) is 0 Å². The summed E-state index contributed by atoms with van der Waals surface area (Å²) in [6.07, 6.45) is 8.45. The van der Waals surface area contributed by atoms with E-state index in [0.29, 0.717) is 10.8 Å². The number of carbonyl (C=O) groups excluding carboxylic acids is 2. The Balaban J connectivity index is 1.28. The Kier molecular flexibility index (Phi) is 7.80. The number of hydrogen-bond acceptors (Lipinski definition) is 4. The van der Waals surface area contributed by atoms with Crippen molar-refractivity contribution in [3.63, 3.8) is 0 Å². The molecule has 198 valence electrons. The summed E-state index contributed by atoms with van der Waals surface area (Å²) in [7, 11) is 0. The van der Waals surface area contributed by atoms with E-state index in [-0.39, 0.29) is 24.3 Å². The Labute approximate surface area is 229 Å². The van der Waals surface area contributed by atoms with Crippen molar-refractivity contribution in [3.8, 4) is 11.4 Å². The summed E-state index contributed by atoms with van der Waals surface area (Å²) in [5.41, 5.74) is 7.80. The molecular formula is C32H36N2O3S. The topological polar surface area (TPSA) is 51.5 Å². The van der Waals surface area contributed by atoms with Crippen LogP contribution >= 0.6 is 11.8 Å². The summed E-state index contributed by atoms with van der Waals surface area (Å²) in [6, 6.07) is 17.1. The maximum Gasteiger partial charge on any atom is 0.293 e. The summed E-state index contributed by atoms with van der Waals surface area (Å²) in [4.78, 5) is 27.5. The van der Waals surface area contributed by atoms with Crippen molar-refractivity contribution in [1.82, 2.24) is 9.47 Å². The molecule has 1 aromatic heterocycles. The third-order valence-corrected chi connectivity index (χ3v) is 8.68. The molecule has 2 aromatic carbocycles. The van der Waals surface area contributed by atoms with Crippen LogP contribution in [0.4, 0.5) is 4.79 Å². The first-order valence-electron chi connectivity index (χ1n) is 13.6. The number of imide groups is 1. The zero-order valence-electron chi connectivity index (χ0n) is 22.8. The molecule has 6 heteroatoms. The predicted octanol–water partition coefficient (Wildman–Crippen LogP) is 7.87. The molecule has 5 nitrogen and oxygen atoms in total. The van der Waals surface area contributed by atoms with Crippen molar-refractivity contribution in [1.29, 1.82) is 0 Å². The first kappa shape index (κ1) is 26.4. The maximum atomic E-state index is 13.1. The van der Waals surface area contributed by atoms with Gasteiger partial charge >= 0.3 is 0 Å². The first-order chi connectivity index (χ1) is 18.3. The molecule has 2 aliphatic rings. The molecule has 3 aromatic rings. The van der Waals surface area contributed by atoms with Crippen molar-refractivity contribution < 1.29 is 14.3 Å². The Bertz CT molecular complexity index is 1380. The molecule has 2 fully saturated rings. The highest BCUT2D eigenvalue weighted by molar-refractivity contribution is 8.18. The van der Waals surface area contributed by atoms with Crippen LogP contribution in [0.3, 0.4) is 0 Å². The number of nitrogens with zero attached hydrogens (tertiary/aromatic N) is 2. The Morgan fingerprint density at radius 2 is 1.68 bits per heavy atom. The summed E-state index contributed by atoms with van der Waals surface area (Å²) in [6.45, 7) is 8.63. The fourth-order valence-corrected chi connectivity index (χ4v) is 6.46. The SMILES string of the molecule is Cc1ccc(C)c(OCCN2C(=O)S/C(=C\c3cc(C)n(-c4ccc(C5CCCCC5)cc4)c3C)C2=O)c1. The lowest BCUT2D eigenvalue weighted by Crippen LogP contribution is -2.32. The van der Waals surface area contributed by atoms with Crippen LogP contribution in [0.1, 0.15) is 71.7 Å². The second-order valence-electron chi connectivity index (χ2n) is 10.5. The normalized spacial score (nSPS) is 17.6. The number of hydrogen-bond donors (Lipinski definition) is 0. The minimum atomic E-state index is -0.258. The molecule has 0 N–H and O–H groups in total. The highest BCUT2D eigenvalue weighted by Gasteiger charge is 2.35. The molecule has 0 atom stereocenters. The number of aromatic nitrogens is 1. The fraction of sp³-hybridized carbons (Fsp3) is 0.375. The van der Waals surface area contributed by atoms with Gasteiger partial charge in [-0.05, 0) is 111 Å². The average Bonchev–Trinajstić information content (AvgIpc) is 3.35. The highest BCUT2D eigenvalue weighted by Crippen LogP contribution is 2.35. The molecule has 0 radical (unpaired) electrons. The third-order valence-electron chi connectivity index (χ3n) is 7.77. The summed E-state index contributed by atoms with van der Waals surface area (Å²) >= 11 is 1.000. The predicted molar refractivity (Wildman–Crippen MR) is 155 cm³/mol. The van der Waals surface area contributed by atoms with E-state index in [1.807, 2.05) is 38.1 Å². The van der Waals surface area contributed by atoms with Gasteiger partial charge in [-0.2, -0.15) is 0 Å². The van der Waals surface area contributed by atoms with Crippen molar-refractivity contribution in [3.05, 3.63) is 87.1 Å². The monoisotopic (exact) mass is 528 g/mol. The Morgan fingerprint density at radius 3 is 2.42 bits per heavy atom. The molecule has 1 aliphatic heterocycles. The van der Waals surface area contributed by atoms with Gasteiger partial charge < -0.3 is 9.30 Å². The second kappa shape index (κ2) is 11.2. The number of carbonyl (C=O) groups is 2.